The SMILES string of the molecule is Cc1nn(-c2ccccc2)c2sc(C(=O)Nc3ccc4oc(=O)n(CCN(C)C)c4c3)cc12. The second-order valence-electron chi connectivity index (χ2n) is 8.12. The molecule has 0 fully saturated rings. The second-order valence-corrected chi connectivity index (χ2v) is 9.15. The van der Waals surface area contributed by atoms with Crippen molar-refractivity contribution >= 4 is 44.2 Å². The molecule has 0 unspecified atom stereocenters. The molecule has 0 aliphatic heterocycles. The van der Waals surface area contributed by atoms with E-state index in [1.807, 2.05) is 67.0 Å². The molecule has 0 saturated carbocycles. The van der Waals surface area contributed by atoms with Gasteiger partial charge in [-0.2, -0.15) is 5.10 Å². The molecule has 2 aromatic carbocycles. The highest BCUT2D eigenvalue weighted by molar-refractivity contribution is 7.20. The lowest BCUT2D eigenvalue weighted by Gasteiger charge is -2.09. The molecular formula is C24H23N5O3S. The number of nitrogens with zero attached hydrogens (tertiary/aromatic N) is 4. The van der Waals surface area contributed by atoms with Crippen LogP contribution in [0.4, 0.5) is 5.69 Å². The standard InChI is InChI=1S/C24H23N5O3S/c1-15-18-14-21(33-23(18)29(26-15)17-7-5-4-6-8-17)22(30)25-16-9-10-20-19(13-16)28(24(31)32-20)12-11-27(2)3/h4-10,13-14H,11-12H2,1-3H3,(H,25,30). The predicted molar refractivity (Wildman–Crippen MR) is 131 cm³/mol. The summed E-state index contributed by atoms with van der Waals surface area (Å²) < 4.78 is 8.80. The molecule has 168 valence electrons. The molecule has 33 heavy (non-hydrogen) atoms. The molecule has 1 N–H and O–H groups in total. The van der Waals surface area contributed by atoms with E-state index in [1.165, 1.54) is 11.3 Å². The van der Waals surface area contributed by atoms with Crippen LogP contribution in [0, 0.1) is 6.92 Å². The number of oxazole rings is 1. The summed E-state index contributed by atoms with van der Waals surface area (Å²) >= 11 is 1.40. The second kappa shape index (κ2) is 8.34. The molecule has 5 rings (SSSR count). The van der Waals surface area contributed by atoms with Crippen LogP contribution in [0.2, 0.25) is 0 Å². The first-order valence-electron chi connectivity index (χ1n) is 10.5. The number of rotatable bonds is 6. The number of thiophene rings is 1. The molecule has 5 aromatic rings. The molecule has 0 radical (unpaired) electrons. The average Bonchev–Trinajstić information content (AvgIpc) is 3.45. The number of nitrogens with one attached hydrogen (secondary N) is 1. The van der Waals surface area contributed by atoms with Crippen LogP contribution in [0.5, 0.6) is 0 Å². The lowest BCUT2D eigenvalue weighted by molar-refractivity contribution is 0.103. The summed E-state index contributed by atoms with van der Waals surface area (Å²) in [4.78, 5) is 28.8. The van der Waals surface area contributed by atoms with Gasteiger partial charge in [0.1, 0.15) is 4.83 Å². The Morgan fingerprint density at radius 2 is 1.94 bits per heavy atom. The number of hydrogen-bond acceptors (Lipinski definition) is 6. The topological polar surface area (TPSA) is 85.3 Å². The van der Waals surface area contributed by atoms with Crippen LogP contribution in [-0.4, -0.2) is 45.8 Å². The lowest BCUT2D eigenvalue weighted by atomic mass is 10.2. The van der Waals surface area contributed by atoms with Gasteiger partial charge in [0, 0.05) is 24.2 Å². The van der Waals surface area contributed by atoms with Crippen molar-refractivity contribution in [3.05, 3.63) is 75.7 Å². The van der Waals surface area contributed by atoms with Crippen LogP contribution in [0.3, 0.4) is 0 Å². The highest BCUT2D eigenvalue weighted by atomic mass is 32.1. The maximum Gasteiger partial charge on any atom is 0.419 e. The smallest absolute Gasteiger partial charge is 0.408 e. The highest BCUT2D eigenvalue weighted by Crippen LogP contribution is 2.31. The monoisotopic (exact) mass is 461 g/mol. The number of amides is 1. The molecule has 9 heteroatoms. The zero-order valence-corrected chi connectivity index (χ0v) is 19.3. The predicted octanol–water partition coefficient (Wildman–Crippen LogP) is 4.12. The van der Waals surface area contributed by atoms with Crippen molar-refractivity contribution in [2.45, 2.75) is 13.5 Å². The van der Waals surface area contributed by atoms with E-state index in [0.29, 0.717) is 34.8 Å². The van der Waals surface area contributed by atoms with Gasteiger partial charge in [0.15, 0.2) is 5.58 Å². The van der Waals surface area contributed by atoms with Crippen LogP contribution in [0.1, 0.15) is 15.4 Å². The lowest BCUT2D eigenvalue weighted by Crippen LogP contribution is -2.23. The van der Waals surface area contributed by atoms with Crippen molar-refractivity contribution in [1.29, 1.82) is 0 Å². The summed E-state index contributed by atoms with van der Waals surface area (Å²) in [7, 11) is 3.89. The van der Waals surface area contributed by atoms with Gasteiger partial charge in [-0.3, -0.25) is 9.36 Å². The van der Waals surface area contributed by atoms with E-state index in [-0.39, 0.29) is 5.91 Å². The van der Waals surface area contributed by atoms with Crippen LogP contribution >= 0.6 is 11.3 Å². The van der Waals surface area contributed by atoms with Crippen LogP contribution in [0.15, 0.2) is 63.8 Å². The fraction of sp³-hybridized carbons (Fsp3) is 0.208. The number of fused-ring (bicyclic) bond motifs is 2. The fourth-order valence-corrected chi connectivity index (χ4v) is 4.83. The van der Waals surface area contributed by atoms with Gasteiger partial charge in [-0.1, -0.05) is 18.2 Å². The quantitative estimate of drug-likeness (QED) is 0.411. The molecule has 0 spiro atoms. The van der Waals surface area contributed by atoms with Crippen molar-refractivity contribution < 1.29 is 9.21 Å². The molecule has 0 atom stereocenters. The van der Waals surface area contributed by atoms with E-state index in [9.17, 15) is 9.59 Å². The summed E-state index contributed by atoms with van der Waals surface area (Å²) in [5, 5.41) is 8.54. The summed E-state index contributed by atoms with van der Waals surface area (Å²) in [5.74, 6) is -0.610. The molecule has 0 saturated heterocycles. The zero-order valence-electron chi connectivity index (χ0n) is 18.5. The fourth-order valence-electron chi connectivity index (χ4n) is 3.75. The molecule has 0 aliphatic carbocycles. The third kappa shape index (κ3) is 3.96. The van der Waals surface area contributed by atoms with Crippen molar-refractivity contribution in [2.75, 3.05) is 26.0 Å². The number of benzene rings is 2. The molecule has 0 bridgehead atoms. The van der Waals surface area contributed by atoms with E-state index in [2.05, 4.69) is 10.4 Å². The Kier molecular flexibility index (Phi) is 5.35. The molecule has 3 heterocycles. The molecule has 3 aromatic heterocycles. The molecular weight excluding hydrogens is 438 g/mol. The number of aryl methyl sites for hydroxylation is 1. The Hall–Kier alpha value is -3.69. The van der Waals surface area contributed by atoms with Crippen molar-refractivity contribution in [3.8, 4) is 5.69 Å². The van der Waals surface area contributed by atoms with Crippen molar-refractivity contribution in [3.63, 3.8) is 0 Å². The van der Waals surface area contributed by atoms with Gasteiger partial charge in [-0.15, -0.1) is 11.3 Å². The summed E-state index contributed by atoms with van der Waals surface area (Å²) in [5.41, 5.74) is 3.58. The van der Waals surface area contributed by atoms with E-state index < -0.39 is 5.76 Å². The first-order valence-corrected chi connectivity index (χ1v) is 11.4. The first-order chi connectivity index (χ1) is 15.9. The minimum absolute atomic E-state index is 0.208. The maximum atomic E-state index is 13.1. The van der Waals surface area contributed by atoms with Gasteiger partial charge in [-0.25, -0.2) is 9.48 Å². The number of para-hydroxylation sites is 1. The normalized spacial score (nSPS) is 11.6. The Bertz CT molecular complexity index is 1520. The van der Waals surface area contributed by atoms with Crippen molar-refractivity contribution in [1.82, 2.24) is 19.2 Å². The molecule has 1 amide bonds. The van der Waals surface area contributed by atoms with E-state index in [1.54, 1.807) is 22.8 Å². The largest absolute Gasteiger partial charge is 0.419 e. The molecule has 8 nitrogen and oxygen atoms in total. The summed E-state index contributed by atoms with van der Waals surface area (Å²) in [6, 6.07) is 17.0. The number of anilines is 1. The van der Waals surface area contributed by atoms with Crippen LogP contribution in [-0.2, 0) is 6.54 Å². The first kappa shape index (κ1) is 21.2. The molecule has 0 aliphatic rings. The van der Waals surface area contributed by atoms with Gasteiger partial charge in [0.05, 0.1) is 21.8 Å². The third-order valence-corrected chi connectivity index (χ3v) is 6.57. The van der Waals surface area contributed by atoms with Crippen LogP contribution < -0.4 is 11.1 Å². The third-order valence-electron chi connectivity index (χ3n) is 5.47. The van der Waals surface area contributed by atoms with Gasteiger partial charge in [0.2, 0.25) is 0 Å². The van der Waals surface area contributed by atoms with Gasteiger partial charge in [-0.05, 0) is 57.4 Å². The highest BCUT2D eigenvalue weighted by Gasteiger charge is 2.18. The number of aromatic nitrogens is 3. The van der Waals surface area contributed by atoms with E-state index >= 15 is 0 Å². The van der Waals surface area contributed by atoms with Gasteiger partial charge in [0.25, 0.3) is 5.91 Å². The number of likely N-dealkylation sites (N-methyl/N-ethyl adjacent to an activating group) is 1. The Morgan fingerprint density at radius 1 is 1.15 bits per heavy atom. The van der Waals surface area contributed by atoms with Gasteiger partial charge >= 0.3 is 5.76 Å². The Morgan fingerprint density at radius 3 is 2.70 bits per heavy atom. The maximum absolute atomic E-state index is 13.1. The van der Waals surface area contributed by atoms with Crippen LogP contribution in [0.25, 0.3) is 27.0 Å². The average molecular weight is 462 g/mol. The minimum atomic E-state index is -0.402. The number of carbonyl (C=O) groups excluding carboxylic acids is 1. The van der Waals surface area contributed by atoms with Gasteiger partial charge < -0.3 is 14.6 Å². The van der Waals surface area contributed by atoms with E-state index in [4.69, 9.17) is 4.42 Å². The Labute approximate surface area is 193 Å². The Balaban J connectivity index is 1.45. The summed E-state index contributed by atoms with van der Waals surface area (Å²) in [6.07, 6.45) is 0. The van der Waals surface area contributed by atoms with E-state index in [0.717, 1.165) is 21.6 Å². The van der Waals surface area contributed by atoms with Crippen molar-refractivity contribution in [2.24, 2.45) is 0 Å². The number of hydrogen-bond donors (Lipinski definition) is 1. The minimum Gasteiger partial charge on any atom is -0.408 e. The number of carbonyl (C=O) groups is 1. The zero-order chi connectivity index (χ0) is 23.1. The summed E-state index contributed by atoms with van der Waals surface area (Å²) in [6.45, 7) is 3.14.